The van der Waals surface area contributed by atoms with E-state index in [1.165, 1.54) is 0 Å². The first-order valence-electron chi connectivity index (χ1n) is 7.00. The summed E-state index contributed by atoms with van der Waals surface area (Å²) < 4.78 is 5.83. The molecule has 0 atom stereocenters. The molecular weight excluding hydrogens is 272 g/mol. The van der Waals surface area contributed by atoms with Crippen LogP contribution in [0.4, 0.5) is 5.69 Å². The van der Waals surface area contributed by atoms with E-state index in [9.17, 15) is 4.79 Å². The summed E-state index contributed by atoms with van der Waals surface area (Å²) in [5.74, 6) is 1.78. The second-order valence-corrected chi connectivity index (χ2v) is 7.59. The summed E-state index contributed by atoms with van der Waals surface area (Å²) in [4.78, 5) is 14.7. The monoisotopic (exact) mass is 292 g/mol. The van der Waals surface area contributed by atoms with Gasteiger partial charge in [-0.3, -0.25) is 4.79 Å². The average molecular weight is 292 g/mol. The number of nitrogens with one attached hydrogen (secondary N) is 1. The number of para-hydroxylation sites is 1. The van der Waals surface area contributed by atoms with Gasteiger partial charge in [0.2, 0.25) is 0 Å². The van der Waals surface area contributed by atoms with Gasteiger partial charge in [0.1, 0.15) is 6.61 Å². The quantitative estimate of drug-likeness (QED) is 0.863. The Labute approximate surface area is 123 Å². The van der Waals surface area contributed by atoms with E-state index in [-0.39, 0.29) is 10.7 Å². The second kappa shape index (κ2) is 5.20. The number of ether oxygens (including phenoxy) is 1. The van der Waals surface area contributed by atoms with Crippen LogP contribution < -0.4 is 10.1 Å². The molecule has 1 aromatic carbocycles. The lowest BCUT2D eigenvalue weighted by Gasteiger charge is -2.38. The molecule has 1 fully saturated rings. The molecule has 1 aromatic rings. The summed E-state index contributed by atoms with van der Waals surface area (Å²) in [6.07, 6.45) is 0. The molecule has 0 radical (unpaired) electrons. The van der Waals surface area contributed by atoms with E-state index in [1.54, 1.807) is 0 Å². The lowest BCUT2D eigenvalue weighted by molar-refractivity contribution is 0.0743. The second-order valence-electron chi connectivity index (χ2n) is 5.79. The number of hydrogen-bond acceptors (Lipinski definition) is 4. The highest BCUT2D eigenvalue weighted by molar-refractivity contribution is 8.00. The Morgan fingerprint density at radius 1 is 1.45 bits per heavy atom. The van der Waals surface area contributed by atoms with E-state index in [4.69, 9.17) is 4.74 Å². The highest BCUT2D eigenvalue weighted by Crippen LogP contribution is 2.34. The van der Waals surface area contributed by atoms with Crippen LogP contribution >= 0.6 is 11.8 Å². The molecule has 4 nitrogen and oxygen atoms in total. The van der Waals surface area contributed by atoms with Gasteiger partial charge in [0.25, 0.3) is 5.91 Å². The molecule has 0 bridgehead atoms. The Morgan fingerprint density at radius 3 is 3.10 bits per heavy atom. The molecular formula is C15H20N2O2S. The van der Waals surface area contributed by atoms with E-state index in [0.717, 1.165) is 31.1 Å². The summed E-state index contributed by atoms with van der Waals surface area (Å²) in [6, 6.07) is 5.74. The van der Waals surface area contributed by atoms with Crippen LogP contribution in [0.25, 0.3) is 0 Å². The fraction of sp³-hybridized carbons (Fsp3) is 0.533. The topological polar surface area (TPSA) is 41.6 Å². The zero-order valence-electron chi connectivity index (χ0n) is 11.9. The molecule has 20 heavy (non-hydrogen) atoms. The summed E-state index contributed by atoms with van der Waals surface area (Å²) >= 11 is 1.93. The smallest absolute Gasteiger partial charge is 0.257 e. The average Bonchev–Trinajstić information content (AvgIpc) is 2.45. The van der Waals surface area contributed by atoms with Crippen LogP contribution in [-0.2, 0) is 0 Å². The Morgan fingerprint density at radius 2 is 2.30 bits per heavy atom. The highest BCUT2D eigenvalue weighted by Gasteiger charge is 2.32. The molecule has 1 amide bonds. The van der Waals surface area contributed by atoms with Gasteiger partial charge in [-0.1, -0.05) is 6.07 Å². The molecule has 5 heteroatoms. The van der Waals surface area contributed by atoms with Gasteiger partial charge in [-0.25, -0.2) is 0 Å². The van der Waals surface area contributed by atoms with Crippen molar-refractivity contribution in [2.45, 2.75) is 18.6 Å². The number of benzene rings is 1. The third-order valence-electron chi connectivity index (χ3n) is 3.62. The zero-order chi connectivity index (χ0) is 14.2. The molecule has 2 aliphatic rings. The van der Waals surface area contributed by atoms with Crippen molar-refractivity contribution < 1.29 is 9.53 Å². The number of amides is 1. The lowest BCUT2D eigenvalue weighted by atomic mass is 10.1. The van der Waals surface area contributed by atoms with Gasteiger partial charge >= 0.3 is 0 Å². The van der Waals surface area contributed by atoms with E-state index < -0.39 is 0 Å². The predicted octanol–water partition coefficient (Wildman–Crippen LogP) is 2.46. The number of hydrogen-bond donors (Lipinski definition) is 1. The van der Waals surface area contributed by atoms with Crippen LogP contribution in [0, 0.1) is 0 Å². The van der Waals surface area contributed by atoms with Gasteiger partial charge in [-0.2, -0.15) is 11.8 Å². The van der Waals surface area contributed by atoms with Crippen molar-refractivity contribution in [2.24, 2.45) is 0 Å². The van der Waals surface area contributed by atoms with Crippen molar-refractivity contribution >= 4 is 23.4 Å². The van der Waals surface area contributed by atoms with Crippen molar-refractivity contribution in [3.63, 3.8) is 0 Å². The number of rotatable bonds is 1. The number of nitrogens with zero attached hydrogens (tertiary/aromatic N) is 1. The van der Waals surface area contributed by atoms with Crippen molar-refractivity contribution in [3.8, 4) is 5.75 Å². The van der Waals surface area contributed by atoms with E-state index in [2.05, 4.69) is 19.2 Å². The largest absolute Gasteiger partial charge is 0.489 e. The maximum atomic E-state index is 12.8. The first-order chi connectivity index (χ1) is 9.57. The third kappa shape index (κ3) is 2.59. The number of carbonyl (C=O) groups excluding carboxylic acids is 1. The standard InChI is InChI=1S/C15H20N2O2S/c1-15(2)10-17(7-9-20-15)14(18)11-4-3-5-12-13(11)19-8-6-16-12/h3-5,16H,6-10H2,1-2H3. The Hall–Kier alpha value is -1.36. The van der Waals surface area contributed by atoms with Crippen molar-refractivity contribution in [1.82, 2.24) is 4.90 Å². The van der Waals surface area contributed by atoms with E-state index >= 15 is 0 Å². The Bertz CT molecular complexity index is 531. The van der Waals surface area contributed by atoms with Gasteiger partial charge in [-0.15, -0.1) is 0 Å². The molecule has 0 unspecified atom stereocenters. The predicted molar refractivity (Wildman–Crippen MR) is 82.9 cm³/mol. The molecule has 0 aliphatic carbocycles. The number of anilines is 1. The zero-order valence-corrected chi connectivity index (χ0v) is 12.8. The molecule has 1 saturated heterocycles. The first-order valence-corrected chi connectivity index (χ1v) is 7.98. The van der Waals surface area contributed by atoms with Crippen LogP contribution in [0.5, 0.6) is 5.75 Å². The summed E-state index contributed by atoms with van der Waals surface area (Å²) in [5.41, 5.74) is 1.60. The summed E-state index contributed by atoms with van der Waals surface area (Å²) in [6.45, 7) is 7.37. The van der Waals surface area contributed by atoms with Crippen molar-refractivity contribution in [1.29, 1.82) is 0 Å². The fourth-order valence-corrected chi connectivity index (χ4v) is 3.81. The van der Waals surface area contributed by atoms with Crippen LogP contribution in [0.2, 0.25) is 0 Å². The number of thioether (sulfide) groups is 1. The molecule has 2 heterocycles. The maximum absolute atomic E-state index is 12.8. The molecule has 0 saturated carbocycles. The van der Waals surface area contributed by atoms with Crippen molar-refractivity contribution in [3.05, 3.63) is 23.8 Å². The normalized spacial score (nSPS) is 20.6. The SMILES string of the molecule is CC1(C)CN(C(=O)c2cccc3c2OCCN3)CCS1. The minimum atomic E-state index is 0.0823. The highest BCUT2D eigenvalue weighted by atomic mass is 32.2. The fourth-order valence-electron chi connectivity index (χ4n) is 2.70. The maximum Gasteiger partial charge on any atom is 0.257 e. The molecule has 0 spiro atoms. The lowest BCUT2D eigenvalue weighted by Crippen LogP contribution is -2.46. The number of carbonyl (C=O) groups is 1. The molecule has 3 rings (SSSR count). The van der Waals surface area contributed by atoms with Crippen LogP contribution in [0.1, 0.15) is 24.2 Å². The summed E-state index contributed by atoms with van der Waals surface area (Å²) in [5, 5.41) is 3.28. The van der Waals surface area contributed by atoms with E-state index in [0.29, 0.717) is 17.9 Å². The molecule has 108 valence electrons. The molecule has 0 aromatic heterocycles. The van der Waals surface area contributed by atoms with Crippen LogP contribution in [-0.4, -0.2) is 47.5 Å². The third-order valence-corrected chi connectivity index (χ3v) is 4.92. The van der Waals surface area contributed by atoms with Gasteiger partial charge in [0.05, 0.1) is 11.3 Å². The molecule has 2 aliphatic heterocycles. The minimum Gasteiger partial charge on any atom is -0.489 e. The Balaban J connectivity index is 1.87. The van der Waals surface area contributed by atoms with Crippen LogP contribution in [0.15, 0.2) is 18.2 Å². The summed E-state index contributed by atoms with van der Waals surface area (Å²) in [7, 11) is 0. The van der Waals surface area contributed by atoms with Gasteiger partial charge in [0, 0.05) is 30.1 Å². The van der Waals surface area contributed by atoms with E-state index in [1.807, 2.05) is 34.9 Å². The van der Waals surface area contributed by atoms with Gasteiger partial charge < -0.3 is 15.0 Å². The van der Waals surface area contributed by atoms with Crippen molar-refractivity contribution in [2.75, 3.05) is 37.3 Å². The Kier molecular flexibility index (Phi) is 3.54. The number of fused-ring (bicyclic) bond motifs is 1. The minimum absolute atomic E-state index is 0.0823. The van der Waals surface area contributed by atoms with Crippen LogP contribution in [0.3, 0.4) is 0 Å². The first kappa shape index (κ1) is 13.6. The van der Waals surface area contributed by atoms with Gasteiger partial charge in [-0.05, 0) is 26.0 Å². The van der Waals surface area contributed by atoms with Gasteiger partial charge in [0.15, 0.2) is 5.75 Å². The molecule has 1 N–H and O–H groups in total.